The lowest BCUT2D eigenvalue weighted by atomic mass is 10.1. The number of nitrogens with zero attached hydrogens (tertiary/aromatic N) is 1. The van der Waals surface area contributed by atoms with Crippen molar-refractivity contribution in [1.29, 1.82) is 0 Å². The summed E-state index contributed by atoms with van der Waals surface area (Å²) in [6.45, 7) is 3.46. The average molecular weight is 443 g/mol. The standard InChI is InChI=1S/C17H19Cl4NO4/c1-2-24-17(23)22-6-3-11(4-7-22)26-16-13(18)9-12(10-14(16)19)25-8-5-15(20)21/h5,9-11H,2-4,6-8H2,1H3. The number of carbonyl (C=O) groups is 1. The predicted molar refractivity (Wildman–Crippen MR) is 104 cm³/mol. The highest BCUT2D eigenvalue weighted by molar-refractivity contribution is 6.55. The Morgan fingerprint density at radius 2 is 1.85 bits per heavy atom. The molecule has 0 spiro atoms. The van der Waals surface area contributed by atoms with Crippen LogP contribution in [0.1, 0.15) is 19.8 Å². The Morgan fingerprint density at radius 1 is 1.23 bits per heavy atom. The van der Waals surface area contributed by atoms with E-state index in [1.54, 1.807) is 24.0 Å². The molecule has 1 aromatic carbocycles. The summed E-state index contributed by atoms with van der Waals surface area (Å²) in [6, 6.07) is 3.24. The minimum atomic E-state index is -0.297. The lowest BCUT2D eigenvalue weighted by Gasteiger charge is -2.31. The highest BCUT2D eigenvalue weighted by Gasteiger charge is 2.26. The molecule has 1 fully saturated rings. The van der Waals surface area contributed by atoms with Crippen molar-refractivity contribution in [3.05, 3.63) is 32.7 Å². The Morgan fingerprint density at radius 3 is 2.38 bits per heavy atom. The first-order valence-corrected chi connectivity index (χ1v) is 9.63. The summed E-state index contributed by atoms with van der Waals surface area (Å²) < 4.78 is 16.5. The molecule has 9 heteroatoms. The SMILES string of the molecule is CCOC(=O)N1CCC(Oc2c(Cl)cc(OCC=C(Cl)Cl)cc2Cl)CC1. The maximum absolute atomic E-state index is 11.7. The van der Waals surface area contributed by atoms with Crippen LogP contribution in [-0.4, -0.2) is 43.4 Å². The molecule has 2 rings (SSSR count). The van der Waals surface area contributed by atoms with E-state index in [9.17, 15) is 4.79 Å². The Bertz CT molecular complexity index is 633. The van der Waals surface area contributed by atoms with E-state index in [4.69, 9.17) is 60.6 Å². The molecule has 0 aromatic heterocycles. The number of ether oxygens (including phenoxy) is 3. The van der Waals surface area contributed by atoms with Gasteiger partial charge in [0.15, 0.2) is 5.75 Å². The normalized spacial score (nSPS) is 14.7. The molecular formula is C17H19Cl4NO4. The third-order valence-electron chi connectivity index (χ3n) is 3.71. The van der Waals surface area contributed by atoms with Crippen LogP contribution >= 0.6 is 46.4 Å². The average Bonchev–Trinajstić information content (AvgIpc) is 2.58. The molecule has 5 nitrogen and oxygen atoms in total. The third kappa shape index (κ3) is 6.31. The fraction of sp³-hybridized carbons (Fsp3) is 0.471. The number of halogens is 4. The molecule has 0 bridgehead atoms. The fourth-order valence-electron chi connectivity index (χ4n) is 2.47. The number of hydrogen-bond donors (Lipinski definition) is 0. The number of amides is 1. The van der Waals surface area contributed by atoms with E-state index in [1.165, 1.54) is 6.08 Å². The van der Waals surface area contributed by atoms with Crippen molar-refractivity contribution in [3.8, 4) is 11.5 Å². The molecule has 0 atom stereocenters. The molecule has 1 aromatic rings. The molecule has 0 unspecified atom stereocenters. The summed E-state index contributed by atoms with van der Waals surface area (Å²) in [5, 5.41) is 0.697. The van der Waals surface area contributed by atoms with Crippen LogP contribution in [0.15, 0.2) is 22.7 Å². The molecule has 1 saturated heterocycles. The molecule has 26 heavy (non-hydrogen) atoms. The van der Waals surface area contributed by atoms with E-state index >= 15 is 0 Å². The van der Waals surface area contributed by atoms with Gasteiger partial charge in [-0.2, -0.15) is 0 Å². The lowest BCUT2D eigenvalue weighted by molar-refractivity contribution is 0.0703. The van der Waals surface area contributed by atoms with Gasteiger partial charge >= 0.3 is 6.09 Å². The van der Waals surface area contributed by atoms with E-state index in [1.807, 2.05) is 0 Å². The molecule has 144 valence electrons. The van der Waals surface area contributed by atoms with Crippen molar-refractivity contribution in [2.45, 2.75) is 25.9 Å². The first-order chi connectivity index (χ1) is 12.4. The van der Waals surface area contributed by atoms with Crippen molar-refractivity contribution in [2.75, 3.05) is 26.3 Å². The monoisotopic (exact) mass is 441 g/mol. The van der Waals surface area contributed by atoms with Crippen LogP contribution in [0.3, 0.4) is 0 Å². The summed E-state index contributed by atoms with van der Waals surface area (Å²) in [7, 11) is 0. The first kappa shape index (κ1) is 21.3. The summed E-state index contributed by atoms with van der Waals surface area (Å²) in [5.41, 5.74) is 0. The third-order valence-corrected chi connectivity index (χ3v) is 4.58. The number of carbonyl (C=O) groups excluding carboxylic acids is 1. The zero-order valence-electron chi connectivity index (χ0n) is 14.1. The van der Waals surface area contributed by atoms with Gasteiger partial charge in [0, 0.05) is 38.1 Å². The minimum Gasteiger partial charge on any atom is -0.489 e. The lowest BCUT2D eigenvalue weighted by Crippen LogP contribution is -2.42. The zero-order valence-corrected chi connectivity index (χ0v) is 17.2. The molecule has 0 saturated carbocycles. The quantitative estimate of drug-likeness (QED) is 0.567. The molecular weight excluding hydrogens is 424 g/mol. The van der Waals surface area contributed by atoms with Crippen molar-refractivity contribution in [2.24, 2.45) is 0 Å². The van der Waals surface area contributed by atoms with Gasteiger partial charge < -0.3 is 19.1 Å². The van der Waals surface area contributed by atoms with Crippen molar-refractivity contribution >= 4 is 52.5 Å². The summed E-state index contributed by atoms with van der Waals surface area (Å²) in [4.78, 5) is 13.4. The summed E-state index contributed by atoms with van der Waals surface area (Å²) in [6.07, 6.45) is 2.47. The van der Waals surface area contributed by atoms with Crippen LogP contribution in [0.25, 0.3) is 0 Å². The maximum atomic E-state index is 11.7. The Labute approximate surface area is 172 Å². The highest BCUT2D eigenvalue weighted by Crippen LogP contribution is 2.38. The number of likely N-dealkylation sites (tertiary alicyclic amines) is 1. The van der Waals surface area contributed by atoms with Crippen molar-refractivity contribution in [3.63, 3.8) is 0 Å². The van der Waals surface area contributed by atoms with Crippen molar-refractivity contribution in [1.82, 2.24) is 4.90 Å². The Kier molecular flexibility index (Phi) is 8.48. The van der Waals surface area contributed by atoms with Gasteiger partial charge in [0.2, 0.25) is 0 Å². The molecule has 1 aliphatic rings. The minimum absolute atomic E-state index is 0.0829. The fourth-order valence-corrected chi connectivity index (χ4v) is 3.15. The van der Waals surface area contributed by atoms with Gasteiger partial charge in [-0.15, -0.1) is 0 Å². The van der Waals surface area contributed by atoms with Crippen LogP contribution in [0.5, 0.6) is 11.5 Å². The van der Waals surface area contributed by atoms with Crippen LogP contribution < -0.4 is 9.47 Å². The van der Waals surface area contributed by atoms with Gasteiger partial charge in [-0.3, -0.25) is 0 Å². The van der Waals surface area contributed by atoms with Crippen LogP contribution in [0.4, 0.5) is 4.79 Å². The van der Waals surface area contributed by atoms with Gasteiger partial charge in [-0.05, 0) is 13.0 Å². The van der Waals surface area contributed by atoms with Crippen molar-refractivity contribution < 1.29 is 19.0 Å². The largest absolute Gasteiger partial charge is 0.489 e. The second-order valence-electron chi connectivity index (χ2n) is 5.52. The van der Waals surface area contributed by atoms with Gasteiger partial charge in [0.25, 0.3) is 0 Å². The number of benzene rings is 1. The van der Waals surface area contributed by atoms with Gasteiger partial charge in [0.05, 0.1) is 16.7 Å². The second-order valence-corrected chi connectivity index (χ2v) is 7.35. The molecule has 0 aliphatic carbocycles. The second kappa shape index (κ2) is 10.4. The number of hydrogen-bond acceptors (Lipinski definition) is 4. The maximum Gasteiger partial charge on any atom is 0.409 e. The topological polar surface area (TPSA) is 48.0 Å². The molecule has 0 radical (unpaired) electrons. The van der Waals surface area contributed by atoms with E-state index in [2.05, 4.69) is 0 Å². The highest BCUT2D eigenvalue weighted by atomic mass is 35.5. The van der Waals surface area contributed by atoms with E-state index in [-0.39, 0.29) is 23.3 Å². The molecule has 1 heterocycles. The summed E-state index contributed by atoms with van der Waals surface area (Å²) >= 11 is 23.6. The number of rotatable bonds is 6. The van der Waals surface area contributed by atoms with Gasteiger partial charge in [-0.1, -0.05) is 46.4 Å². The smallest absolute Gasteiger partial charge is 0.409 e. The first-order valence-electron chi connectivity index (χ1n) is 8.12. The molecule has 1 amide bonds. The van der Waals surface area contributed by atoms with E-state index in [0.29, 0.717) is 54.1 Å². The van der Waals surface area contributed by atoms with Crippen LogP contribution in [-0.2, 0) is 4.74 Å². The number of piperidine rings is 1. The van der Waals surface area contributed by atoms with Gasteiger partial charge in [0.1, 0.15) is 23.0 Å². The Balaban J connectivity index is 1.94. The van der Waals surface area contributed by atoms with E-state index < -0.39 is 0 Å². The summed E-state index contributed by atoms with van der Waals surface area (Å²) in [5.74, 6) is 0.886. The molecule has 1 aliphatic heterocycles. The predicted octanol–water partition coefficient (Wildman–Crippen LogP) is 5.69. The van der Waals surface area contributed by atoms with Gasteiger partial charge in [-0.25, -0.2) is 4.79 Å². The van der Waals surface area contributed by atoms with Crippen LogP contribution in [0.2, 0.25) is 10.0 Å². The van der Waals surface area contributed by atoms with E-state index in [0.717, 1.165) is 0 Å². The van der Waals surface area contributed by atoms with Crippen LogP contribution in [0, 0.1) is 0 Å². The molecule has 0 N–H and O–H groups in total. The Hall–Kier alpha value is -1.01. The zero-order chi connectivity index (χ0) is 19.1.